The number of nitrogens with zero attached hydrogens (tertiary/aromatic N) is 1. The van der Waals surface area contributed by atoms with E-state index in [2.05, 4.69) is 0 Å². The number of benzene rings is 1. The number of halogens is 1. The summed E-state index contributed by atoms with van der Waals surface area (Å²) >= 11 is 0. The second kappa shape index (κ2) is 6.57. The maximum Gasteiger partial charge on any atom is 0.123 e. The van der Waals surface area contributed by atoms with Crippen molar-refractivity contribution in [3.63, 3.8) is 0 Å². The first-order chi connectivity index (χ1) is 8.02. The van der Waals surface area contributed by atoms with Crippen molar-refractivity contribution in [3.05, 3.63) is 29.6 Å². The topological polar surface area (TPSA) is 32.7 Å². The number of aliphatic hydroxyl groups is 1. The van der Waals surface area contributed by atoms with Gasteiger partial charge in [0, 0.05) is 18.7 Å². The molecule has 0 aliphatic heterocycles. The van der Waals surface area contributed by atoms with Crippen molar-refractivity contribution in [3.8, 4) is 5.75 Å². The molecule has 1 aromatic carbocycles. The Balaban J connectivity index is 2.63. The lowest BCUT2D eigenvalue weighted by Crippen LogP contribution is -2.22. The van der Waals surface area contributed by atoms with Crippen molar-refractivity contribution in [1.29, 1.82) is 0 Å². The second-order valence-electron chi connectivity index (χ2n) is 4.33. The van der Waals surface area contributed by atoms with Crippen LogP contribution in [0.15, 0.2) is 18.2 Å². The Bertz CT molecular complexity index is 355. The van der Waals surface area contributed by atoms with Gasteiger partial charge in [-0.3, -0.25) is 0 Å². The number of ether oxygens (including phenoxy) is 1. The van der Waals surface area contributed by atoms with Gasteiger partial charge in [0.15, 0.2) is 0 Å². The summed E-state index contributed by atoms with van der Waals surface area (Å²) in [5, 5.41) is 9.20. The number of rotatable bonds is 6. The second-order valence-corrected chi connectivity index (χ2v) is 4.33. The minimum atomic E-state index is -0.313. The Morgan fingerprint density at radius 1 is 1.47 bits per heavy atom. The molecule has 0 fully saturated rings. The monoisotopic (exact) mass is 241 g/mol. The number of methoxy groups -OCH3 is 1. The molecule has 1 rings (SSSR count). The molecule has 96 valence electrons. The summed E-state index contributed by atoms with van der Waals surface area (Å²) in [6.07, 6.45) is 0.389. The van der Waals surface area contributed by atoms with Crippen LogP contribution < -0.4 is 4.74 Å². The van der Waals surface area contributed by atoms with Gasteiger partial charge in [-0.15, -0.1) is 0 Å². The normalized spacial score (nSPS) is 12.8. The van der Waals surface area contributed by atoms with Crippen molar-refractivity contribution in [2.45, 2.75) is 26.0 Å². The highest BCUT2D eigenvalue weighted by atomic mass is 19.1. The summed E-state index contributed by atoms with van der Waals surface area (Å²) < 4.78 is 18.3. The molecule has 0 amide bonds. The van der Waals surface area contributed by atoms with Crippen LogP contribution >= 0.6 is 0 Å². The van der Waals surface area contributed by atoms with Crippen molar-refractivity contribution < 1.29 is 14.2 Å². The summed E-state index contributed by atoms with van der Waals surface area (Å²) in [6.45, 7) is 3.13. The highest BCUT2D eigenvalue weighted by molar-refractivity contribution is 5.33. The molecule has 0 spiro atoms. The predicted octanol–water partition coefficient (Wildman–Crippen LogP) is 2.04. The third-order valence-corrected chi connectivity index (χ3v) is 2.61. The van der Waals surface area contributed by atoms with E-state index in [-0.39, 0.29) is 11.9 Å². The zero-order chi connectivity index (χ0) is 12.8. The van der Waals surface area contributed by atoms with Gasteiger partial charge in [0.25, 0.3) is 0 Å². The predicted molar refractivity (Wildman–Crippen MR) is 65.6 cm³/mol. The zero-order valence-electron chi connectivity index (χ0n) is 10.6. The smallest absolute Gasteiger partial charge is 0.123 e. The molecule has 0 bridgehead atoms. The van der Waals surface area contributed by atoms with Gasteiger partial charge < -0.3 is 14.7 Å². The maximum atomic E-state index is 13.1. The summed E-state index contributed by atoms with van der Waals surface area (Å²) in [5.41, 5.74) is 0.820. The molecule has 1 unspecified atom stereocenters. The van der Waals surface area contributed by atoms with E-state index in [4.69, 9.17) is 4.74 Å². The van der Waals surface area contributed by atoms with E-state index < -0.39 is 0 Å². The van der Waals surface area contributed by atoms with Crippen molar-refractivity contribution >= 4 is 0 Å². The number of hydrogen-bond donors (Lipinski definition) is 1. The lowest BCUT2D eigenvalue weighted by molar-refractivity contribution is 0.162. The van der Waals surface area contributed by atoms with Gasteiger partial charge in [-0.05, 0) is 38.6 Å². The van der Waals surface area contributed by atoms with Gasteiger partial charge in [-0.1, -0.05) is 0 Å². The molecule has 0 aliphatic rings. The van der Waals surface area contributed by atoms with E-state index in [1.54, 1.807) is 20.1 Å². The van der Waals surface area contributed by atoms with E-state index >= 15 is 0 Å². The van der Waals surface area contributed by atoms with Gasteiger partial charge in [-0.25, -0.2) is 4.39 Å². The first-order valence-corrected chi connectivity index (χ1v) is 5.72. The quantitative estimate of drug-likeness (QED) is 0.827. The molecular formula is C13H20FNO2. The SMILES string of the molecule is COc1ccc(F)cc1CN(C)CCC(C)O. The first-order valence-electron chi connectivity index (χ1n) is 5.72. The Labute approximate surface area is 102 Å². The molecule has 0 saturated heterocycles. The standard InChI is InChI=1S/C13H20FNO2/c1-10(16)6-7-15(2)9-11-8-12(14)4-5-13(11)17-3/h4-5,8,10,16H,6-7,9H2,1-3H3. The average Bonchev–Trinajstić information content (AvgIpc) is 2.27. The highest BCUT2D eigenvalue weighted by Crippen LogP contribution is 2.20. The van der Waals surface area contributed by atoms with Crippen LogP contribution in [0.25, 0.3) is 0 Å². The fraction of sp³-hybridized carbons (Fsp3) is 0.538. The maximum absolute atomic E-state index is 13.1. The van der Waals surface area contributed by atoms with E-state index in [1.165, 1.54) is 12.1 Å². The summed E-state index contributed by atoms with van der Waals surface area (Å²) in [4.78, 5) is 2.03. The third kappa shape index (κ3) is 4.71. The van der Waals surface area contributed by atoms with E-state index in [0.717, 1.165) is 12.1 Å². The molecule has 0 heterocycles. The van der Waals surface area contributed by atoms with Gasteiger partial charge in [0.1, 0.15) is 11.6 Å². The molecule has 1 aromatic rings. The number of aliphatic hydroxyl groups excluding tert-OH is 1. The van der Waals surface area contributed by atoms with Gasteiger partial charge in [0.2, 0.25) is 0 Å². The van der Waals surface area contributed by atoms with Crippen LogP contribution in [-0.2, 0) is 6.54 Å². The van der Waals surface area contributed by atoms with Crippen LogP contribution in [0.2, 0.25) is 0 Å². The Hall–Kier alpha value is -1.13. The van der Waals surface area contributed by atoms with Gasteiger partial charge >= 0.3 is 0 Å². The zero-order valence-corrected chi connectivity index (χ0v) is 10.6. The summed E-state index contributed by atoms with van der Waals surface area (Å²) in [7, 11) is 3.51. The molecule has 1 atom stereocenters. The first kappa shape index (κ1) is 13.9. The van der Waals surface area contributed by atoms with Crippen LogP contribution in [0.1, 0.15) is 18.9 Å². The molecular weight excluding hydrogens is 221 g/mol. The molecule has 4 heteroatoms. The van der Waals surface area contributed by atoms with Crippen LogP contribution in [-0.4, -0.2) is 36.8 Å². The Morgan fingerprint density at radius 3 is 2.76 bits per heavy atom. The molecule has 0 aliphatic carbocycles. The molecule has 0 radical (unpaired) electrons. The fourth-order valence-corrected chi connectivity index (χ4v) is 1.65. The number of hydrogen-bond acceptors (Lipinski definition) is 3. The van der Waals surface area contributed by atoms with E-state index in [1.807, 2.05) is 11.9 Å². The molecule has 17 heavy (non-hydrogen) atoms. The fourth-order valence-electron chi connectivity index (χ4n) is 1.65. The summed E-state index contributed by atoms with van der Waals surface area (Å²) in [5.74, 6) is 0.431. The van der Waals surface area contributed by atoms with E-state index in [9.17, 15) is 9.50 Å². The van der Waals surface area contributed by atoms with Gasteiger partial charge in [-0.2, -0.15) is 0 Å². The third-order valence-electron chi connectivity index (χ3n) is 2.61. The minimum absolute atomic E-state index is 0.260. The van der Waals surface area contributed by atoms with Crippen molar-refractivity contribution in [1.82, 2.24) is 4.90 Å². The highest BCUT2D eigenvalue weighted by Gasteiger charge is 2.08. The molecule has 3 nitrogen and oxygen atoms in total. The summed E-state index contributed by atoms with van der Waals surface area (Å²) in [6, 6.07) is 4.50. The molecule has 0 saturated carbocycles. The average molecular weight is 241 g/mol. The van der Waals surface area contributed by atoms with Crippen molar-refractivity contribution in [2.75, 3.05) is 20.7 Å². The lowest BCUT2D eigenvalue weighted by atomic mass is 10.1. The van der Waals surface area contributed by atoms with Crippen LogP contribution in [0, 0.1) is 5.82 Å². The van der Waals surface area contributed by atoms with Crippen molar-refractivity contribution in [2.24, 2.45) is 0 Å². The van der Waals surface area contributed by atoms with Crippen LogP contribution in [0.4, 0.5) is 4.39 Å². The van der Waals surface area contributed by atoms with Crippen LogP contribution in [0.5, 0.6) is 5.75 Å². The van der Waals surface area contributed by atoms with E-state index in [0.29, 0.717) is 18.7 Å². The Morgan fingerprint density at radius 2 is 2.18 bits per heavy atom. The van der Waals surface area contributed by atoms with Crippen LogP contribution in [0.3, 0.4) is 0 Å². The molecule has 1 N–H and O–H groups in total. The Kier molecular flexibility index (Phi) is 5.38. The largest absolute Gasteiger partial charge is 0.496 e. The minimum Gasteiger partial charge on any atom is -0.496 e. The lowest BCUT2D eigenvalue weighted by Gasteiger charge is -2.19. The molecule has 0 aromatic heterocycles. The van der Waals surface area contributed by atoms with Gasteiger partial charge in [0.05, 0.1) is 13.2 Å².